The zero-order chi connectivity index (χ0) is 30.0. The molecule has 0 unspecified atom stereocenters. The Hall–Kier alpha value is -3.97. The van der Waals surface area contributed by atoms with E-state index in [9.17, 15) is 22.8 Å². The molecular formula is C28H30BrF3N4O5. The number of ether oxygens (including phenoxy) is 3. The van der Waals surface area contributed by atoms with Crippen molar-refractivity contribution in [2.75, 3.05) is 43.9 Å². The van der Waals surface area contributed by atoms with Gasteiger partial charge in [0.15, 0.2) is 0 Å². The number of hydrogen-bond acceptors (Lipinski definition) is 6. The van der Waals surface area contributed by atoms with E-state index in [0.717, 1.165) is 25.7 Å². The van der Waals surface area contributed by atoms with Crippen LogP contribution in [0.2, 0.25) is 0 Å². The molecule has 0 bridgehead atoms. The largest absolute Gasteiger partial charge is 0.573 e. The molecule has 0 saturated heterocycles. The highest BCUT2D eigenvalue weighted by Crippen LogP contribution is 2.35. The lowest BCUT2D eigenvalue weighted by atomic mass is 10.1. The second kappa shape index (κ2) is 14.6. The minimum atomic E-state index is -4.85. The fourth-order valence-corrected chi connectivity index (χ4v) is 4.03. The molecule has 0 aromatic heterocycles. The minimum absolute atomic E-state index is 0.120. The number of carbonyl (C=O) groups is 2. The molecule has 9 nitrogen and oxygen atoms in total. The molecule has 0 radical (unpaired) electrons. The number of anilines is 2. The molecule has 3 rings (SSSR count). The maximum atomic E-state index is 12.6. The molecule has 0 heterocycles. The third-order valence-electron chi connectivity index (χ3n) is 5.79. The molecule has 0 atom stereocenters. The van der Waals surface area contributed by atoms with Gasteiger partial charge in [-0.2, -0.15) is 0 Å². The Morgan fingerprint density at radius 3 is 2.15 bits per heavy atom. The van der Waals surface area contributed by atoms with Gasteiger partial charge in [-0.1, -0.05) is 13.8 Å². The average molecular weight is 639 g/mol. The van der Waals surface area contributed by atoms with Gasteiger partial charge in [0.2, 0.25) is 0 Å². The SMILES string of the molecule is CCN(CC)CCNC(=O)c1ccc(NC(=O)Nc2ccc(Oc3ccc(Br)c(OC(F)(F)F)c3)cc2)cc1OC. The van der Waals surface area contributed by atoms with E-state index in [0.29, 0.717) is 35.0 Å². The van der Waals surface area contributed by atoms with Gasteiger partial charge in [-0.25, -0.2) is 4.79 Å². The van der Waals surface area contributed by atoms with Crippen molar-refractivity contribution in [3.8, 4) is 23.0 Å². The van der Waals surface area contributed by atoms with E-state index in [1.165, 1.54) is 19.2 Å². The van der Waals surface area contributed by atoms with Gasteiger partial charge in [-0.15, -0.1) is 13.2 Å². The molecular weight excluding hydrogens is 609 g/mol. The summed E-state index contributed by atoms with van der Waals surface area (Å²) in [5.74, 6) is 0.0410. The molecule has 13 heteroatoms. The highest BCUT2D eigenvalue weighted by atomic mass is 79.9. The zero-order valence-electron chi connectivity index (χ0n) is 22.6. The van der Waals surface area contributed by atoms with Gasteiger partial charge >= 0.3 is 12.4 Å². The molecule has 0 saturated carbocycles. The number of halogens is 4. The fraction of sp³-hybridized carbons (Fsp3) is 0.286. The first kappa shape index (κ1) is 31.6. The predicted molar refractivity (Wildman–Crippen MR) is 153 cm³/mol. The summed E-state index contributed by atoms with van der Waals surface area (Å²) < 4.78 is 52.8. The number of alkyl halides is 3. The first-order valence-electron chi connectivity index (χ1n) is 12.6. The molecule has 3 aromatic carbocycles. The average Bonchev–Trinajstić information content (AvgIpc) is 2.93. The van der Waals surface area contributed by atoms with E-state index in [1.54, 1.807) is 42.5 Å². The highest BCUT2D eigenvalue weighted by Gasteiger charge is 2.32. The molecule has 0 fully saturated rings. The van der Waals surface area contributed by atoms with Crippen LogP contribution in [0.5, 0.6) is 23.0 Å². The number of methoxy groups -OCH3 is 1. The van der Waals surface area contributed by atoms with E-state index in [1.807, 2.05) is 0 Å². The number of nitrogens with one attached hydrogen (secondary N) is 3. The van der Waals surface area contributed by atoms with Gasteiger partial charge in [0, 0.05) is 36.6 Å². The number of carbonyl (C=O) groups excluding carboxylic acids is 2. The van der Waals surface area contributed by atoms with Crippen LogP contribution >= 0.6 is 15.9 Å². The lowest BCUT2D eigenvalue weighted by Gasteiger charge is -2.18. The summed E-state index contributed by atoms with van der Waals surface area (Å²) in [6.45, 7) is 7.13. The number of nitrogens with zero attached hydrogens (tertiary/aromatic N) is 1. The molecule has 0 aliphatic rings. The number of hydrogen-bond donors (Lipinski definition) is 3. The standard InChI is InChI=1S/C28H30BrF3N4O5/c1-4-36(5-2)15-14-33-26(37)22-12-8-19(16-24(22)39-3)35-27(38)34-18-6-9-20(10-7-18)40-21-11-13-23(29)25(17-21)41-28(30,31)32/h6-13,16-17H,4-5,14-15H2,1-3H3,(H,33,37)(H2,34,35,38). The Morgan fingerprint density at radius 1 is 0.878 bits per heavy atom. The van der Waals surface area contributed by atoms with Crippen LogP contribution < -0.4 is 30.2 Å². The van der Waals surface area contributed by atoms with Crippen molar-refractivity contribution in [1.29, 1.82) is 0 Å². The Bertz CT molecular complexity index is 1340. The first-order chi connectivity index (χ1) is 19.5. The Kier molecular flexibility index (Phi) is 11.2. The van der Waals surface area contributed by atoms with E-state index >= 15 is 0 Å². The van der Waals surface area contributed by atoms with Crippen LogP contribution in [-0.2, 0) is 0 Å². The Morgan fingerprint density at radius 2 is 1.51 bits per heavy atom. The number of amides is 3. The Balaban J connectivity index is 1.56. The van der Waals surface area contributed by atoms with E-state index < -0.39 is 18.1 Å². The monoisotopic (exact) mass is 638 g/mol. The predicted octanol–water partition coefficient (Wildman–Crippen LogP) is 6.86. The number of rotatable bonds is 12. The normalized spacial score (nSPS) is 11.1. The molecule has 0 aliphatic heterocycles. The van der Waals surface area contributed by atoms with Crippen LogP contribution in [0.25, 0.3) is 0 Å². The fourth-order valence-electron chi connectivity index (χ4n) is 3.71. The summed E-state index contributed by atoms with van der Waals surface area (Å²) >= 11 is 3.01. The molecule has 41 heavy (non-hydrogen) atoms. The number of urea groups is 1. The quantitative estimate of drug-likeness (QED) is 0.200. The van der Waals surface area contributed by atoms with Gasteiger partial charge in [0.25, 0.3) is 5.91 Å². The molecule has 0 spiro atoms. The zero-order valence-corrected chi connectivity index (χ0v) is 24.2. The molecule has 3 aromatic rings. The topological polar surface area (TPSA) is 101 Å². The summed E-state index contributed by atoms with van der Waals surface area (Å²) in [5.41, 5.74) is 1.19. The second-order valence-electron chi connectivity index (χ2n) is 8.54. The molecule has 3 N–H and O–H groups in total. The van der Waals surface area contributed by atoms with E-state index in [2.05, 4.69) is 55.4 Å². The van der Waals surface area contributed by atoms with Crippen molar-refractivity contribution >= 4 is 39.2 Å². The van der Waals surface area contributed by atoms with Crippen molar-refractivity contribution in [2.45, 2.75) is 20.2 Å². The molecule has 3 amide bonds. The second-order valence-corrected chi connectivity index (χ2v) is 9.40. The maximum Gasteiger partial charge on any atom is 0.573 e. The summed E-state index contributed by atoms with van der Waals surface area (Å²) in [5, 5.41) is 8.22. The van der Waals surface area contributed by atoms with Crippen molar-refractivity contribution in [3.05, 3.63) is 70.7 Å². The summed E-state index contributed by atoms with van der Waals surface area (Å²) in [7, 11) is 1.44. The highest BCUT2D eigenvalue weighted by molar-refractivity contribution is 9.10. The van der Waals surface area contributed by atoms with Crippen LogP contribution in [0.15, 0.2) is 65.1 Å². The van der Waals surface area contributed by atoms with Crippen molar-refractivity contribution in [2.24, 2.45) is 0 Å². The minimum Gasteiger partial charge on any atom is -0.496 e. The molecule has 220 valence electrons. The lowest BCUT2D eigenvalue weighted by molar-refractivity contribution is -0.274. The van der Waals surface area contributed by atoms with Gasteiger partial charge < -0.3 is 35.1 Å². The summed E-state index contributed by atoms with van der Waals surface area (Å²) in [6, 6.07) is 14.3. The summed E-state index contributed by atoms with van der Waals surface area (Å²) in [6.07, 6.45) is -4.85. The van der Waals surface area contributed by atoms with E-state index in [-0.39, 0.29) is 16.1 Å². The lowest BCUT2D eigenvalue weighted by Crippen LogP contribution is -2.34. The van der Waals surface area contributed by atoms with Gasteiger partial charge in [-0.05, 0) is 77.6 Å². The van der Waals surface area contributed by atoms with Crippen molar-refractivity contribution < 1.29 is 37.0 Å². The van der Waals surface area contributed by atoms with Gasteiger partial charge in [-0.3, -0.25) is 4.79 Å². The van der Waals surface area contributed by atoms with Crippen LogP contribution in [0.1, 0.15) is 24.2 Å². The molecule has 0 aliphatic carbocycles. The van der Waals surface area contributed by atoms with Crippen molar-refractivity contribution in [3.63, 3.8) is 0 Å². The smallest absolute Gasteiger partial charge is 0.496 e. The Labute approximate surface area is 244 Å². The van der Waals surface area contributed by atoms with Gasteiger partial charge in [0.1, 0.15) is 23.0 Å². The van der Waals surface area contributed by atoms with Crippen LogP contribution in [0.3, 0.4) is 0 Å². The first-order valence-corrected chi connectivity index (χ1v) is 13.4. The summed E-state index contributed by atoms with van der Waals surface area (Å²) in [4.78, 5) is 27.3. The van der Waals surface area contributed by atoms with Crippen LogP contribution in [-0.4, -0.2) is 56.5 Å². The number of likely N-dealkylation sites (N-methyl/N-ethyl adjacent to an activating group) is 1. The third-order valence-corrected chi connectivity index (χ3v) is 6.44. The number of benzene rings is 3. The van der Waals surface area contributed by atoms with Crippen molar-refractivity contribution in [1.82, 2.24) is 10.2 Å². The third kappa shape index (κ3) is 9.87. The van der Waals surface area contributed by atoms with Gasteiger partial charge in [0.05, 0.1) is 17.1 Å². The van der Waals surface area contributed by atoms with Crippen LogP contribution in [0, 0.1) is 0 Å². The maximum absolute atomic E-state index is 12.6. The van der Waals surface area contributed by atoms with E-state index in [4.69, 9.17) is 9.47 Å². The van der Waals surface area contributed by atoms with Crippen LogP contribution in [0.4, 0.5) is 29.3 Å².